The van der Waals surface area contributed by atoms with Gasteiger partial charge in [0.05, 0.1) is 12.3 Å². The molecule has 2 rings (SSSR count). The van der Waals surface area contributed by atoms with Gasteiger partial charge in [0.15, 0.2) is 5.78 Å². The minimum Gasteiger partial charge on any atom is -0.466 e. The molecule has 0 unspecified atom stereocenters. The molecule has 1 aromatic heterocycles. The third-order valence-corrected chi connectivity index (χ3v) is 2.98. The van der Waals surface area contributed by atoms with Crippen molar-refractivity contribution >= 4 is 11.8 Å². The minimum absolute atomic E-state index is 0.185. The predicted molar refractivity (Wildman–Crippen MR) is 80.1 cm³/mol. The predicted octanol–water partition coefficient (Wildman–Crippen LogP) is 1.57. The SMILES string of the molecule is CCOC(=O)CC(=O)Cn1nc(-c2ccc(F)cc2)ccc1=O. The highest BCUT2D eigenvalue weighted by atomic mass is 19.1. The molecule has 0 amide bonds. The number of halogens is 1. The van der Waals surface area contributed by atoms with Crippen molar-refractivity contribution in [2.75, 3.05) is 6.61 Å². The first-order valence-corrected chi connectivity index (χ1v) is 7.01. The Morgan fingerprint density at radius 1 is 1.17 bits per heavy atom. The van der Waals surface area contributed by atoms with Crippen molar-refractivity contribution in [2.45, 2.75) is 19.9 Å². The Labute approximate surface area is 131 Å². The van der Waals surface area contributed by atoms with E-state index in [1.54, 1.807) is 6.92 Å². The summed E-state index contributed by atoms with van der Waals surface area (Å²) in [5, 5.41) is 4.07. The lowest BCUT2D eigenvalue weighted by molar-refractivity contribution is -0.145. The summed E-state index contributed by atoms with van der Waals surface area (Å²) >= 11 is 0. The van der Waals surface area contributed by atoms with E-state index in [2.05, 4.69) is 9.84 Å². The highest BCUT2D eigenvalue weighted by molar-refractivity contribution is 5.95. The number of hydrogen-bond donors (Lipinski definition) is 0. The van der Waals surface area contributed by atoms with Crippen molar-refractivity contribution < 1.29 is 18.7 Å². The van der Waals surface area contributed by atoms with Crippen LogP contribution in [0.25, 0.3) is 11.3 Å². The monoisotopic (exact) mass is 318 g/mol. The van der Waals surface area contributed by atoms with Gasteiger partial charge in [-0.2, -0.15) is 5.10 Å². The summed E-state index contributed by atoms with van der Waals surface area (Å²) in [6.07, 6.45) is -0.414. The maximum Gasteiger partial charge on any atom is 0.313 e. The second kappa shape index (κ2) is 7.44. The van der Waals surface area contributed by atoms with Gasteiger partial charge in [-0.15, -0.1) is 0 Å². The van der Waals surface area contributed by atoms with Crippen molar-refractivity contribution in [1.29, 1.82) is 0 Å². The summed E-state index contributed by atoms with van der Waals surface area (Å²) in [4.78, 5) is 34.8. The first kappa shape index (κ1) is 16.5. The van der Waals surface area contributed by atoms with E-state index in [1.165, 1.54) is 36.4 Å². The summed E-state index contributed by atoms with van der Waals surface area (Å²) in [6, 6.07) is 8.35. The Morgan fingerprint density at radius 3 is 2.52 bits per heavy atom. The van der Waals surface area contributed by atoms with E-state index in [-0.39, 0.29) is 19.0 Å². The van der Waals surface area contributed by atoms with Crippen molar-refractivity contribution in [1.82, 2.24) is 9.78 Å². The van der Waals surface area contributed by atoms with Gasteiger partial charge in [0, 0.05) is 11.6 Å². The van der Waals surface area contributed by atoms with Crippen LogP contribution in [0.5, 0.6) is 0 Å². The van der Waals surface area contributed by atoms with Crippen LogP contribution in [0, 0.1) is 5.82 Å². The quantitative estimate of drug-likeness (QED) is 0.597. The minimum atomic E-state index is -0.639. The van der Waals surface area contributed by atoms with E-state index in [9.17, 15) is 18.8 Å². The molecule has 2 aromatic rings. The molecule has 0 radical (unpaired) electrons. The van der Waals surface area contributed by atoms with Crippen LogP contribution in [-0.4, -0.2) is 28.1 Å². The zero-order chi connectivity index (χ0) is 16.8. The molecule has 0 N–H and O–H groups in total. The second-order valence-electron chi connectivity index (χ2n) is 4.74. The van der Waals surface area contributed by atoms with Crippen molar-refractivity contribution in [3.8, 4) is 11.3 Å². The van der Waals surface area contributed by atoms with Gasteiger partial charge >= 0.3 is 5.97 Å². The molecule has 0 saturated carbocycles. The third-order valence-electron chi connectivity index (χ3n) is 2.98. The highest BCUT2D eigenvalue weighted by Gasteiger charge is 2.13. The molecule has 1 heterocycles. The number of rotatable bonds is 6. The number of Topliss-reactive ketones (excluding diaryl/α,β-unsaturated/α-hetero) is 1. The van der Waals surface area contributed by atoms with Crippen molar-refractivity contribution in [3.05, 3.63) is 52.6 Å². The van der Waals surface area contributed by atoms with Crippen LogP contribution in [0.2, 0.25) is 0 Å². The molecule has 0 saturated heterocycles. The third kappa shape index (κ3) is 4.57. The fourth-order valence-corrected chi connectivity index (χ4v) is 1.93. The Morgan fingerprint density at radius 2 is 1.87 bits per heavy atom. The zero-order valence-electron chi connectivity index (χ0n) is 12.5. The normalized spacial score (nSPS) is 10.3. The molecule has 0 atom stereocenters. The van der Waals surface area contributed by atoms with Gasteiger partial charge in [-0.1, -0.05) is 0 Å². The molecule has 7 heteroatoms. The molecule has 120 valence electrons. The number of ketones is 1. The van der Waals surface area contributed by atoms with Crippen molar-refractivity contribution in [2.24, 2.45) is 0 Å². The molecular weight excluding hydrogens is 303 g/mol. The summed E-state index contributed by atoms with van der Waals surface area (Å²) in [5.41, 5.74) is 0.569. The molecule has 0 aliphatic rings. The van der Waals surface area contributed by atoms with Gasteiger partial charge in [0.25, 0.3) is 5.56 Å². The second-order valence-corrected chi connectivity index (χ2v) is 4.74. The smallest absolute Gasteiger partial charge is 0.313 e. The lowest BCUT2D eigenvalue weighted by Gasteiger charge is -2.07. The van der Waals surface area contributed by atoms with E-state index >= 15 is 0 Å². The van der Waals surface area contributed by atoms with Gasteiger partial charge < -0.3 is 4.74 Å². The van der Waals surface area contributed by atoms with Crippen LogP contribution < -0.4 is 5.56 Å². The van der Waals surface area contributed by atoms with E-state index in [4.69, 9.17) is 0 Å². The standard InChI is InChI=1S/C16H15FN2O4/c1-2-23-16(22)9-13(20)10-19-15(21)8-7-14(18-19)11-3-5-12(17)6-4-11/h3-8H,2,9-10H2,1H3. The Balaban J connectivity index is 2.17. The maximum absolute atomic E-state index is 12.9. The first-order chi connectivity index (χ1) is 11.0. The number of ether oxygens (including phenoxy) is 1. The summed E-state index contributed by atoms with van der Waals surface area (Å²) in [6.45, 7) is 1.50. The number of carbonyl (C=O) groups excluding carboxylic acids is 2. The van der Waals surface area contributed by atoms with Crippen LogP contribution in [0.1, 0.15) is 13.3 Å². The van der Waals surface area contributed by atoms with Crippen LogP contribution in [-0.2, 0) is 20.9 Å². The van der Waals surface area contributed by atoms with Gasteiger partial charge in [-0.3, -0.25) is 14.4 Å². The van der Waals surface area contributed by atoms with E-state index in [0.717, 1.165) is 4.68 Å². The zero-order valence-corrected chi connectivity index (χ0v) is 12.5. The topological polar surface area (TPSA) is 78.3 Å². The summed E-state index contributed by atoms with van der Waals surface area (Å²) in [5.74, 6) is -1.50. The molecule has 23 heavy (non-hydrogen) atoms. The fourth-order valence-electron chi connectivity index (χ4n) is 1.93. The van der Waals surface area contributed by atoms with Crippen LogP contribution in [0.15, 0.2) is 41.2 Å². The maximum atomic E-state index is 12.9. The number of aromatic nitrogens is 2. The lowest BCUT2D eigenvalue weighted by Crippen LogP contribution is -2.27. The summed E-state index contributed by atoms with van der Waals surface area (Å²) in [7, 11) is 0. The molecule has 0 bridgehead atoms. The van der Waals surface area contributed by atoms with E-state index in [1.807, 2.05) is 0 Å². The number of benzene rings is 1. The number of carbonyl (C=O) groups is 2. The fraction of sp³-hybridized carbons (Fsp3) is 0.250. The highest BCUT2D eigenvalue weighted by Crippen LogP contribution is 2.15. The average molecular weight is 318 g/mol. The molecule has 1 aromatic carbocycles. The van der Waals surface area contributed by atoms with Crippen LogP contribution >= 0.6 is 0 Å². The Bertz CT molecular complexity index is 768. The van der Waals surface area contributed by atoms with Gasteiger partial charge in [-0.25, -0.2) is 9.07 Å². The van der Waals surface area contributed by atoms with Gasteiger partial charge in [0.2, 0.25) is 0 Å². The van der Waals surface area contributed by atoms with Crippen LogP contribution in [0.3, 0.4) is 0 Å². The molecule has 0 spiro atoms. The van der Waals surface area contributed by atoms with E-state index in [0.29, 0.717) is 11.3 Å². The van der Waals surface area contributed by atoms with Gasteiger partial charge in [0.1, 0.15) is 18.8 Å². The lowest BCUT2D eigenvalue weighted by atomic mass is 10.1. The first-order valence-electron chi connectivity index (χ1n) is 7.01. The molecular formula is C16H15FN2O4. The largest absolute Gasteiger partial charge is 0.466 e. The molecule has 0 aliphatic heterocycles. The number of hydrogen-bond acceptors (Lipinski definition) is 5. The Kier molecular flexibility index (Phi) is 5.35. The van der Waals surface area contributed by atoms with Gasteiger partial charge in [-0.05, 0) is 37.3 Å². The van der Waals surface area contributed by atoms with Crippen LogP contribution in [0.4, 0.5) is 4.39 Å². The van der Waals surface area contributed by atoms with Crippen molar-refractivity contribution in [3.63, 3.8) is 0 Å². The average Bonchev–Trinajstić information content (AvgIpc) is 2.50. The molecule has 0 aliphatic carbocycles. The van der Waals surface area contributed by atoms with E-state index < -0.39 is 23.7 Å². The number of nitrogens with zero attached hydrogens (tertiary/aromatic N) is 2. The number of esters is 1. The summed E-state index contributed by atoms with van der Waals surface area (Å²) < 4.78 is 18.6. The Hall–Kier alpha value is -2.83. The molecule has 6 nitrogen and oxygen atoms in total. The molecule has 0 fully saturated rings.